The van der Waals surface area contributed by atoms with Crippen molar-refractivity contribution >= 4 is 0 Å². The van der Waals surface area contributed by atoms with Crippen molar-refractivity contribution in [2.45, 2.75) is 44.8 Å². The quantitative estimate of drug-likeness (QED) is 0.929. The molecule has 5 nitrogen and oxygen atoms in total. The van der Waals surface area contributed by atoms with Gasteiger partial charge in [-0.1, -0.05) is 11.6 Å². The number of likely N-dealkylation sites (tertiary alicyclic amines) is 1. The van der Waals surface area contributed by atoms with Crippen LogP contribution in [-0.2, 0) is 6.54 Å². The highest BCUT2D eigenvalue weighted by molar-refractivity contribution is 5.49. The molecule has 2 aromatic rings. The van der Waals surface area contributed by atoms with Crippen molar-refractivity contribution in [3.63, 3.8) is 0 Å². The van der Waals surface area contributed by atoms with E-state index in [1.165, 1.54) is 19.3 Å². The van der Waals surface area contributed by atoms with Crippen LogP contribution in [0.25, 0.3) is 11.5 Å². The Kier molecular flexibility index (Phi) is 3.89. The van der Waals surface area contributed by atoms with Crippen LogP contribution in [0, 0.1) is 0 Å². The second-order valence-electron chi connectivity index (χ2n) is 5.50. The van der Waals surface area contributed by atoms with Gasteiger partial charge in [0.2, 0.25) is 5.76 Å². The first-order valence-corrected chi connectivity index (χ1v) is 7.23. The summed E-state index contributed by atoms with van der Waals surface area (Å²) in [4.78, 5) is 2.44. The molecule has 0 saturated carbocycles. The molecule has 2 unspecified atom stereocenters. The lowest BCUT2D eigenvalue weighted by molar-refractivity contribution is 0.0866. The Bertz CT molecular complexity index is 535. The molecule has 20 heavy (non-hydrogen) atoms. The Balaban J connectivity index is 1.73. The fourth-order valence-corrected chi connectivity index (χ4v) is 2.99. The molecule has 1 aliphatic rings. The van der Waals surface area contributed by atoms with E-state index in [9.17, 15) is 0 Å². The highest BCUT2D eigenvalue weighted by Gasteiger charge is 2.27. The van der Waals surface area contributed by atoms with E-state index in [1.54, 1.807) is 6.26 Å². The minimum atomic E-state index is 0.447. The number of hydrogen-bond donors (Lipinski definition) is 1. The Labute approximate surface area is 118 Å². The van der Waals surface area contributed by atoms with E-state index in [4.69, 9.17) is 14.7 Å². The smallest absolute Gasteiger partial charge is 0.202 e. The zero-order valence-electron chi connectivity index (χ0n) is 11.8. The second-order valence-corrected chi connectivity index (χ2v) is 5.50. The number of aromatic nitrogens is 1. The third-order valence-electron chi connectivity index (χ3n) is 4.13. The van der Waals surface area contributed by atoms with Gasteiger partial charge in [-0.2, -0.15) is 0 Å². The Morgan fingerprint density at radius 1 is 1.40 bits per heavy atom. The molecular formula is C15H21N3O2. The first kappa shape index (κ1) is 13.4. The molecule has 108 valence electrons. The number of hydrogen-bond acceptors (Lipinski definition) is 5. The first-order valence-electron chi connectivity index (χ1n) is 7.23. The van der Waals surface area contributed by atoms with Crippen LogP contribution in [0.4, 0.5) is 0 Å². The van der Waals surface area contributed by atoms with Crippen molar-refractivity contribution in [3.8, 4) is 11.5 Å². The van der Waals surface area contributed by atoms with E-state index in [1.807, 2.05) is 18.2 Å². The summed E-state index contributed by atoms with van der Waals surface area (Å²) in [6.45, 7) is 3.75. The monoisotopic (exact) mass is 275 g/mol. The van der Waals surface area contributed by atoms with Gasteiger partial charge in [-0.05, 0) is 31.9 Å². The highest BCUT2D eigenvalue weighted by atomic mass is 16.5. The molecule has 0 amide bonds. The van der Waals surface area contributed by atoms with Crippen molar-refractivity contribution in [1.82, 2.24) is 10.1 Å². The molecule has 2 aromatic heterocycles. The SMILES string of the molecule is CC1CCCC(CN)N1Cc1cc(-c2ccco2)on1. The average molecular weight is 275 g/mol. The summed E-state index contributed by atoms with van der Waals surface area (Å²) >= 11 is 0. The molecular weight excluding hydrogens is 254 g/mol. The van der Waals surface area contributed by atoms with Crippen LogP contribution in [-0.4, -0.2) is 28.7 Å². The fourth-order valence-electron chi connectivity index (χ4n) is 2.99. The van der Waals surface area contributed by atoms with Gasteiger partial charge >= 0.3 is 0 Å². The van der Waals surface area contributed by atoms with Crippen LogP contribution < -0.4 is 5.73 Å². The van der Waals surface area contributed by atoms with Crippen molar-refractivity contribution in [3.05, 3.63) is 30.2 Å². The van der Waals surface area contributed by atoms with Gasteiger partial charge in [-0.15, -0.1) is 0 Å². The Morgan fingerprint density at radius 3 is 3.05 bits per heavy atom. The van der Waals surface area contributed by atoms with E-state index < -0.39 is 0 Å². The minimum absolute atomic E-state index is 0.447. The van der Waals surface area contributed by atoms with Crippen LogP contribution >= 0.6 is 0 Å². The molecule has 2 N–H and O–H groups in total. The highest BCUT2D eigenvalue weighted by Crippen LogP contribution is 2.26. The van der Waals surface area contributed by atoms with Gasteiger partial charge in [0.15, 0.2) is 5.76 Å². The van der Waals surface area contributed by atoms with Gasteiger partial charge in [0.05, 0.1) is 12.0 Å². The maximum Gasteiger partial charge on any atom is 0.202 e. The fraction of sp³-hybridized carbons (Fsp3) is 0.533. The molecule has 1 aliphatic heterocycles. The van der Waals surface area contributed by atoms with Crippen molar-refractivity contribution in [1.29, 1.82) is 0 Å². The van der Waals surface area contributed by atoms with Crippen molar-refractivity contribution in [2.24, 2.45) is 5.73 Å². The summed E-state index contributed by atoms with van der Waals surface area (Å²) < 4.78 is 10.7. The van der Waals surface area contributed by atoms with Crippen molar-refractivity contribution in [2.75, 3.05) is 6.54 Å². The number of furan rings is 1. The standard InChI is InChI=1S/C15H21N3O2/c1-11-4-2-5-13(9-16)18(11)10-12-8-15(20-17-12)14-6-3-7-19-14/h3,6-8,11,13H,2,4-5,9-10,16H2,1H3. The number of nitrogens with two attached hydrogens (primary N) is 1. The summed E-state index contributed by atoms with van der Waals surface area (Å²) in [6, 6.07) is 6.66. The lowest BCUT2D eigenvalue weighted by Gasteiger charge is -2.39. The number of piperidine rings is 1. The summed E-state index contributed by atoms with van der Waals surface area (Å²) in [7, 11) is 0. The van der Waals surface area contributed by atoms with E-state index in [2.05, 4.69) is 17.0 Å². The molecule has 0 aliphatic carbocycles. The topological polar surface area (TPSA) is 68.4 Å². The zero-order chi connectivity index (χ0) is 13.9. The molecule has 5 heteroatoms. The Hall–Kier alpha value is -1.59. The third kappa shape index (κ3) is 2.64. The average Bonchev–Trinajstić information content (AvgIpc) is 3.11. The molecule has 3 heterocycles. The maximum absolute atomic E-state index is 5.89. The summed E-state index contributed by atoms with van der Waals surface area (Å²) in [5.41, 5.74) is 6.83. The molecule has 0 aromatic carbocycles. The molecule has 0 bridgehead atoms. The summed E-state index contributed by atoms with van der Waals surface area (Å²) in [5, 5.41) is 4.15. The minimum Gasteiger partial charge on any atom is -0.461 e. The van der Waals surface area contributed by atoms with Crippen molar-refractivity contribution < 1.29 is 8.94 Å². The molecule has 0 spiro atoms. The number of nitrogens with zero attached hydrogens (tertiary/aromatic N) is 2. The van der Waals surface area contributed by atoms with E-state index in [-0.39, 0.29) is 0 Å². The van der Waals surface area contributed by atoms with Gasteiger partial charge in [-0.3, -0.25) is 4.90 Å². The summed E-state index contributed by atoms with van der Waals surface area (Å²) in [5.74, 6) is 1.39. The van der Waals surface area contributed by atoms with Crippen LogP contribution in [0.3, 0.4) is 0 Å². The third-order valence-corrected chi connectivity index (χ3v) is 4.13. The van der Waals surface area contributed by atoms with Gasteiger partial charge in [0.1, 0.15) is 0 Å². The molecule has 2 atom stereocenters. The van der Waals surface area contributed by atoms with E-state index >= 15 is 0 Å². The van der Waals surface area contributed by atoms with Gasteiger partial charge < -0.3 is 14.7 Å². The molecule has 3 rings (SSSR count). The van der Waals surface area contributed by atoms with Gasteiger partial charge in [0.25, 0.3) is 0 Å². The predicted octanol–water partition coefficient (Wildman–Crippen LogP) is 2.64. The second kappa shape index (κ2) is 5.81. The van der Waals surface area contributed by atoms with Gasteiger partial charge in [0, 0.05) is 31.2 Å². The lowest BCUT2D eigenvalue weighted by Crippen LogP contribution is -2.48. The zero-order valence-corrected chi connectivity index (χ0v) is 11.8. The Morgan fingerprint density at radius 2 is 2.30 bits per heavy atom. The maximum atomic E-state index is 5.89. The predicted molar refractivity (Wildman–Crippen MR) is 75.9 cm³/mol. The number of rotatable bonds is 4. The van der Waals surface area contributed by atoms with Crippen LogP contribution in [0.1, 0.15) is 31.9 Å². The molecule has 1 saturated heterocycles. The molecule has 1 fully saturated rings. The van der Waals surface area contributed by atoms with E-state index in [0.29, 0.717) is 30.1 Å². The van der Waals surface area contributed by atoms with Crippen LogP contribution in [0.15, 0.2) is 33.4 Å². The molecule has 0 radical (unpaired) electrons. The first-order chi connectivity index (χ1) is 9.78. The van der Waals surface area contributed by atoms with Crippen LogP contribution in [0.2, 0.25) is 0 Å². The van der Waals surface area contributed by atoms with Crippen LogP contribution in [0.5, 0.6) is 0 Å². The largest absolute Gasteiger partial charge is 0.461 e. The lowest BCUT2D eigenvalue weighted by atomic mass is 9.96. The van der Waals surface area contributed by atoms with E-state index in [0.717, 1.165) is 12.2 Å². The van der Waals surface area contributed by atoms with Gasteiger partial charge in [-0.25, -0.2) is 0 Å². The summed E-state index contributed by atoms with van der Waals surface area (Å²) in [6.07, 6.45) is 5.29. The normalized spacial score (nSPS) is 24.1.